The summed E-state index contributed by atoms with van der Waals surface area (Å²) >= 11 is 1.07. The van der Waals surface area contributed by atoms with Gasteiger partial charge in [0.2, 0.25) is 4.96 Å². The number of nitrogens with zero attached hydrogens (tertiary/aromatic N) is 3. The van der Waals surface area contributed by atoms with Gasteiger partial charge in [-0.3, -0.25) is 9.59 Å². The van der Waals surface area contributed by atoms with Gasteiger partial charge in [-0.25, -0.2) is 0 Å². The van der Waals surface area contributed by atoms with Crippen molar-refractivity contribution in [2.24, 2.45) is 0 Å². The van der Waals surface area contributed by atoms with E-state index in [0.29, 0.717) is 16.3 Å². The quantitative estimate of drug-likeness (QED) is 0.267. The highest BCUT2D eigenvalue weighted by Crippen LogP contribution is 2.33. The third-order valence-corrected chi connectivity index (χ3v) is 5.90. The van der Waals surface area contributed by atoms with Gasteiger partial charge in [0.15, 0.2) is 5.82 Å². The molecule has 0 saturated heterocycles. The van der Waals surface area contributed by atoms with Crippen LogP contribution in [0.4, 0.5) is 13.2 Å². The van der Waals surface area contributed by atoms with Crippen LogP contribution in [0.1, 0.15) is 18.2 Å². The molecule has 0 spiro atoms. The lowest BCUT2D eigenvalue weighted by Gasteiger charge is -2.07. The van der Waals surface area contributed by atoms with Crippen LogP contribution in [0.15, 0.2) is 69.9 Å². The Hall–Kier alpha value is -4.25. The van der Waals surface area contributed by atoms with Gasteiger partial charge in [0.25, 0.3) is 5.56 Å². The molecule has 0 amide bonds. The number of hydrogen-bond acceptors (Lipinski definition) is 7. The van der Waals surface area contributed by atoms with Crippen molar-refractivity contribution < 1.29 is 27.1 Å². The van der Waals surface area contributed by atoms with Crippen molar-refractivity contribution in [2.75, 3.05) is 0 Å². The van der Waals surface area contributed by atoms with E-state index in [1.54, 1.807) is 30.3 Å². The number of carbonyl (C=O) groups excluding carboxylic acids is 1. The zero-order chi connectivity index (χ0) is 24.7. The number of aromatic nitrogens is 3. The lowest BCUT2D eigenvalue weighted by Crippen LogP contribution is -2.23. The molecule has 5 aromatic rings. The van der Waals surface area contributed by atoms with Crippen LogP contribution >= 0.6 is 11.3 Å². The molecule has 0 bridgehead atoms. The van der Waals surface area contributed by atoms with Gasteiger partial charge < -0.3 is 9.15 Å². The lowest BCUT2D eigenvalue weighted by molar-refractivity contribution is -0.137. The number of benzene rings is 2. The van der Waals surface area contributed by atoms with Crippen LogP contribution in [0.3, 0.4) is 0 Å². The highest BCUT2D eigenvalue weighted by atomic mass is 32.1. The van der Waals surface area contributed by atoms with Crippen LogP contribution in [0.2, 0.25) is 0 Å². The number of fused-ring (bicyclic) bond motifs is 1. The first-order valence-electron chi connectivity index (χ1n) is 10.2. The van der Waals surface area contributed by atoms with Crippen molar-refractivity contribution in [3.05, 3.63) is 86.9 Å². The molecular weight excluding hydrogens is 483 g/mol. The van der Waals surface area contributed by atoms with Crippen LogP contribution in [-0.4, -0.2) is 20.6 Å². The van der Waals surface area contributed by atoms with Crippen LogP contribution in [0.5, 0.6) is 5.75 Å². The van der Waals surface area contributed by atoms with Crippen molar-refractivity contribution in [3.8, 4) is 28.5 Å². The Morgan fingerprint density at radius 3 is 2.66 bits per heavy atom. The summed E-state index contributed by atoms with van der Waals surface area (Å²) < 4.78 is 51.3. The minimum atomic E-state index is -4.47. The van der Waals surface area contributed by atoms with E-state index in [9.17, 15) is 22.8 Å². The molecule has 5 rings (SSSR count). The van der Waals surface area contributed by atoms with E-state index >= 15 is 0 Å². The monoisotopic (exact) mass is 497 g/mol. The first kappa shape index (κ1) is 22.5. The second-order valence-corrected chi connectivity index (χ2v) is 8.43. The van der Waals surface area contributed by atoms with Crippen molar-refractivity contribution in [1.82, 2.24) is 14.6 Å². The summed E-state index contributed by atoms with van der Waals surface area (Å²) in [7, 11) is 0. The van der Waals surface area contributed by atoms with Crippen molar-refractivity contribution in [3.63, 3.8) is 0 Å². The van der Waals surface area contributed by atoms with Gasteiger partial charge in [-0.15, -0.1) is 5.10 Å². The van der Waals surface area contributed by atoms with Gasteiger partial charge in [-0.05, 0) is 36.4 Å². The maximum Gasteiger partial charge on any atom is 0.416 e. The van der Waals surface area contributed by atoms with Gasteiger partial charge in [-0.2, -0.15) is 22.7 Å². The van der Waals surface area contributed by atoms with Gasteiger partial charge in [0.05, 0.1) is 11.1 Å². The van der Waals surface area contributed by atoms with E-state index in [2.05, 4.69) is 10.1 Å². The van der Waals surface area contributed by atoms with E-state index < -0.39 is 23.3 Å². The Morgan fingerprint density at radius 2 is 1.91 bits per heavy atom. The standard InChI is InChI=1S/C24H14F3N3O4S/c1-13(31)33-19-8-3-2-7-17(19)21-28-23-30(29-21)22(32)20(35-23)12-16-9-10-18(34-16)14-5-4-6-15(11-14)24(25,26)27/h2-12H,1H3/b20-12-. The second-order valence-electron chi connectivity index (χ2n) is 7.42. The number of rotatable bonds is 4. The first-order chi connectivity index (χ1) is 16.7. The van der Waals surface area contributed by atoms with E-state index in [4.69, 9.17) is 9.15 Å². The van der Waals surface area contributed by atoms with Gasteiger partial charge in [-0.1, -0.05) is 35.6 Å². The number of hydrogen-bond donors (Lipinski definition) is 0. The van der Waals surface area contributed by atoms with E-state index in [0.717, 1.165) is 28.0 Å². The SMILES string of the molecule is CC(=O)Oc1ccccc1-c1nc2s/c(=C\c3ccc(-c4cccc(C(F)(F)F)c4)o3)c(=O)n2n1. The zero-order valence-corrected chi connectivity index (χ0v) is 18.7. The summed E-state index contributed by atoms with van der Waals surface area (Å²) in [6.45, 7) is 1.28. The van der Waals surface area contributed by atoms with Crippen molar-refractivity contribution in [2.45, 2.75) is 13.1 Å². The third-order valence-electron chi connectivity index (χ3n) is 4.94. The molecule has 7 nitrogen and oxygen atoms in total. The molecular formula is C24H14F3N3O4S. The number of esters is 1. The minimum Gasteiger partial charge on any atom is -0.457 e. The number of carbonyl (C=O) groups is 1. The molecule has 35 heavy (non-hydrogen) atoms. The molecule has 2 aromatic carbocycles. The smallest absolute Gasteiger partial charge is 0.416 e. The normalized spacial score (nSPS) is 12.4. The molecule has 0 unspecified atom stereocenters. The molecule has 0 atom stereocenters. The minimum absolute atomic E-state index is 0.224. The Labute approximate surface area is 198 Å². The summed E-state index contributed by atoms with van der Waals surface area (Å²) in [4.78, 5) is 28.9. The molecule has 11 heteroatoms. The summed E-state index contributed by atoms with van der Waals surface area (Å²) in [6.07, 6.45) is -2.99. The predicted octanol–water partition coefficient (Wildman–Crippen LogP) is 4.57. The number of thiazole rings is 1. The maximum absolute atomic E-state index is 13.0. The molecule has 0 fully saturated rings. The molecule has 3 heterocycles. The number of alkyl halides is 3. The van der Waals surface area contributed by atoms with Crippen LogP contribution in [0, 0.1) is 0 Å². The second kappa shape index (κ2) is 8.51. The van der Waals surface area contributed by atoms with Gasteiger partial charge in [0.1, 0.15) is 21.8 Å². The van der Waals surface area contributed by atoms with Crippen LogP contribution in [-0.2, 0) is 11.0 Å². The average Bonchev–Trinajstić information content (AvgIpc) is 3.51. The predicted molar refractivity (Wildman–Crippen MR) is 122 cm³/mol. The van der Waals surface area contributed by atoms with Crippen LogP contribution in [0.25, 0.3) is 33.7 Å². The average molecular weight is 497 g/mol. The van der Waals surface area contributed by atoms with Crippen molar-refractivity contribution >= 4 is 28.3 Å². The zero-order valence-electron chi connectivity index (χ0n) is 17.9. The number of halogens is 3. The maximum atomic E-state index is 13.0. The Kier molecular flexibility index (Phi) is 5.48. The molecule has 0 aliphatic carbocycles. The number of furan rings is 1. The highest BCUT2D eigenvalue weighted by Gasteiger charge is 2.30. The highest BCUT2D eigenvalue weighted by molar-refractivity contribution is 7.15. The summed E-state index contributed by atoms with van der Waals surface area (Å²) in [5.74, 6) is 0.526. The fourth-order valence-electron chi connectivity index (χ4n) is 3.41. The Bertz CT molecular complexity index is 1680. The Balaban J connectivity index is 1.49. The lowest BCUT2D eigenvalue weighted by atomic mass is 10.1. The molecule has 0 N–H and O–H groups in total. The van der Waals surface area contributed by atoms with Crippen molar-refractivity contribution in [1.29, 1.82) is 0 Å². The van der Waals surface area contributed by atoms with Gasteiger partial charge in [0, 0.05) is 18.6 Å². The summed E-state index contributed by atoms with van der Waals surface area (Å²) in [5.41, 5.74) is -0.498. The molecule has 3 aromatic heterocycles. The van der Waals surface area contributed by atoms with E-state index in [1.807, 2.05) is 0 Å². The van der Waals surface area contributed by atoms with Gasteiger partial charge >= 0.3 is 12.1 Å². The first-order valence-corrected chi connectivity index (χ1v) is 11.0. The fraction of sp³-hybridized carbons (Fsp3) is 0.0833. The topological polar surface area (TPSA) is 86.7 Å². The van der Waals surface area contributed by atoms with E-state index in [1.165, 1.54) is 31.2 Å². The summed E-state index contributed by atoms with van der Waals surface area (Å²) in [5, 5.41) is 4.25. The number of ether oxygens (including phenoxy) is 1. The van der Waals surface area contributed by atoms with E-state index in [-0.39, 0.29) is 27.4 Å². The molecule has 0 aliphatic rings. The largest absolute Gasteiger partial charge is 0.457 e. The molecule has 0 radical (unpaired) electrons. The third kappa shape index (κ3) is 4.45. The van der Waals surface area contributed by atoms with Crippen LogP contribution < -0.4 is 14.8 Å². The summed E-state index contributed by atoms with van der Waals surface area (Å²) in [6, 6.07) is 14.6. The fourth-order valence-corrected chi connectivity index (χ4v) is 4.29. The molecule has 176 valence electrons. The molecule has 0 saturated carbocycles. The Morgan fingerprint density at radius 1 is 1.11 bits per heavy atom. The molecule has 0 aliphatic heterocycles. The number of para-hydroxylation sites is 1.